The average Bonchev–Trinajstić information content (AvgIpc) is 1.79. The van der Waals surface area contributed by atoms with Gasteiger partial charge in [0, 0.05) is 0 Å². The summed E-state index contributed by atoms with van der Waals surface area (Å²) in [5.74, 6) is 0.955. The van der Waals surface area contributed by atoms with E-state index >= 15 is 0 Å². The van der Waals surface area contributed by atoms with Gasteiger partial charge in [0.2, 0.25) is 0 Å². The fourth-order valence-corrected chi connectivity index (χ4v) is 4.74. The molecule has 1 aliphatic rings. The topological polar surface area (TPSA) is 3.24 Å². The van der Waals surface area contributed by atoms with Crippen LogP contribution in [0, 0.1) is 5.92 Å². The van der Waals surface area contributed by atoms with E-state index in [1.165, 1.54) is 12.6 Å². The molecule has 1 heterocycles. The molecule has 0 saturated carbocycles. The second kappa shape index (κ2) is 2.10. The third kappa shape index (κ3) is 1.35. The Morgan fingerprint density at radius 3 is 2.11 bits per heavy atom. The highest BCUT2D eigenvalue weighted by Crippen LogP contribution is 2.27. The van der Waals surface area contributed by atoms with Crippen LogP contribution in [0.15, 0.2) is 0 Å². The standard InChI is InChI=1S/C7H17NSi/c1-7-5-8(2)9(3,4)6-7/h7H,5-6H2,1-4H3/t7-/m0/s1. The average molecular weight is 143 g/mol. The van der Waals surface area contributed by atoms with Crippen molar-refractivity contribution in [2.45, 2.75) is 26.1 Å². The first-order valence-corrected chi connectivity index (χ1v) is 6.89. The van der Waals surface area contributed by atoms with E-state index in [2.05, 4.69) is 31.6 Å². The molecule has 1 rings (SSSR count). The van der Waals surface area contributed by atoms with Gasteiger partial charge in [0.15, 0.2) is 0 Å². The lowest BCUT2D eigenvalue weighted by Crippen LogP contribution is -2.39. The molecule has 1 aliphatic heterocycles. The second-order valence-electron chi connectivity index (χ2n) is 4.00. The molecular weight excluding hydrogens is 126 g/mol. The molecule has 9 heavy (non-hydrogen) atoms. The first kappa shape index (κ1) is 7.29. The number of nitrogens with zero attached hydrogens (tertiary/aromatic N) is 1. The lowest BCUT2D eigenvalue weighted by molar-refractivity contribution is 0.489. The van der Waals surface area contributed by atoms with Crippen LogP contribution in [0.5, 0.6) is 0 Å². The maximum atomic E-state index is 2.58. The lowest BCUT2D eigenvalue weighted by Gasteiger charge is -2.24. The fraction of sp³-hybridized carbons (Fsp3) is 1.00. The van der Waals surface area contributed by atoms with Crippen molar-refractivity contribution in [3.05, 3.63) is 0 Å². The summed E-state index contributed by atoms with van der Waals surface area (Å²) < 4.78 is 2.58. The van der Waals surface area contributed by atoms with Crippen molar-refractivity contribution in [2.75, 3.05) is 13.6 Å². The van der Waals surface area contributed by atoms with Gasteiger partial charge in [-0.2, -0.15) is 0 Å². The van der Waals surface area contributed by atoms with Crippen LogP contribution in [0.25, 0.3) is 0 Å². The molecule has 1 atom stereocenters. The minimum atomic E-state index is -0.873. The molecule has 0 aromatic carbocycles. The van der Waals surface area contributed by atoms with Crippen molar-refractivity contribution in [3.63, 3.8) is 0 Å². The van der Waals surface area contributed by atoms with E-state index in [0.717, 1.165) is 5.92 Å². The zero-order valence-electron chi connectivity index (χ0n) is 6.94. The fourth-order valence-electron chi connectivity index (χ4n) is 1.79. The summed E-state index contributed by atoms with van der Waals surface area (Å²) in [4.78, 5) is 0. The Morgan fingerprint density at radius 2 is 2.00 bits per heavy atom. The summed E-state index contributed by atoms with van der Waals surface area (Å²) in [6.07, 6.45) is 0. The van der Waals surface area contributed by atoms with Crippen molar-refractivity contribution in [1.29, 1.82) is 0 Å². The summed E-state index contributed by atoms with van der Waals surface area (Å²) >= 11 is 0. The van der Waals surface area contributed by atoms with Crippen molar-refractivity contribution < 1.29 is 0 Å². The quantitative estimate of drug-likeness (QED) is 0.467. The van der Waals surface area contributed by atoms with E-state index < -0.39 is 8.24 Å². The Labute approximate surface area is 59.1 Å². The second-order valence-corrected chi connectivity index (χ2v) is 8.80. The summed E-state index contributed by atoms with van der Waals surface area (Å²) in [6, 6.07) is 1.49. The zero-order valence-corrected chi connectivity index (χ0v) is 7.94. The molecule has 0 aromatic heterocycles. The van der Waals surface area contributed by atoms with Crippen molar-refractivity contribution in [2.24, 2.45) is 5.92 Å². The van der Waals surface area contributed by atoms with Gasteiger partial charge in [0.05, 0.1) is 0 Å². The number of hydrogen-bond donors (Lipinski definition) is 0. The minimum Gasteiger partial charge on any atom is -0.326 e. The molecule has 1 nitrogen and oxygen atoms in total. The van der Waals surface area contributed by atoms with Gasteiger partial charge in [0.25, 0.3) is 0 Å². The molecule has 1 fully saturated rings. The number of hydrogen-bond acceptors (Lipinski definition) is 1. The molecule has 0 spiro atoms. The highest BCUT2D eigenvalue weighted by Gasteiger charge is 2.35. The van der Waals surface area contributed by atoms with Crippen LogP contribution >= 0.6 is 0 Å². The molecule has 0 amide bonds. The van der Waals surface area contributed by atoms with E-state index in [9.17, 15) is 0 Å². The number of rotatable bonds is 0. The molecule has 0 N–H and O–H groups in total. The molecule has 0 unspecified atom stereocenters. The zero-order chi connectivity index (χ0) is 7.07. The Morgan fingerprint density at radius 1 is 1.44 bits per heavy atom. The maximum Gasteiger partial charge on any atom is 0.122 e. The minimum absolute atomic E-state index is 0.873. The van der Waals surface area contributed by atoms with Crippen LogP contribution < -0.4 is 0 Å². The monoisotopic (exact) mass is 143 g/mol. The Balaban J connectivity index is 2.58. The lowest BCUT2D eigenvalue weighted by atomic mass is 10.2. The van der Waals surface area contributed by atoms with Gasteiger partial charge >= 0.3 is 0 Å². The van der Waals surface area contributed by atoms with Gasteiger partial charge in [-0.25, -0.2) is 0 Å². The van der Waals surface area contributed by atoms with Crippen LogP contribution in [0.1, 0.15) is 6.92 Å². The van der Waals surface area contributed by atoms with E-state index in [-0.39, 0.29) is 0 Å². The molecule has 1 saturated heterocycles. The predicted molar refractivity (Wildman–Crippen MR) is 44.1 cm³/mol. The molecule has 0 bridgehead atoms. The van der Waals surface area contributed by atoms with Gasteiger partial charge in [0.1, 0.15) is 8.24 Å². The predicted octanol–water partition coefficient (Wildman–Crippen LogP) is 1.77. The van der Waals surface area contributed by atoms with E-state index in [1.54, 1.807) is 0 Å². The summed E-state index contributed by atoms with van der Waals surface area (Å²) in [5, 5.41) is 0. The third-order valence-electron chi connectivity index (χ3n) is 2.47. The van der Waals surface area contributed by atoms with Crippen LogP contribution in [-0.4, -0.2) is 26.4 Å². The molecule has 0 radical (unpaired) electrons. The highest BCUT2D eigenvalue weighted by atomic mass is 28.3. The van der Waals surface area contributed by atoms with Crippen molar-refractivity contribution >= 4 is 8.24 Å². The molecule has 0 aliphatic carbocycles. The van der Waals surface area contributed by atoms with Gasteiger partial charge in [-0.15, -0.1) is 0 Å². The van der Waals surface area contributed by atoms with Gasteiger partial charge in [-0.05, 0) is 25.6 Å². The van der Waals surface area contributed by atoms with E-state index in [0.29, 0.717) is 0 Å². The maximum absolute atomic E-state index is 2.58. The summed E-state index contributed by atoms with van der Waals surface area (Å²) in [7, 11) is 1.40. The third-order valence-corrected chi connectivity index (χ3v) is 6.41. The van der Waals surface area contributed by atoms with Crippen LogP contribution in [-0.2, 0) is 0 Å². The summed E-state index contributed by atoms with van der Waals surface area (Å²) in [5.41, 5.74) is 0. The Bertz CT molecular complexity index is 111. The molecular formula is C7H17NSi. The van der Waals surface area contributed by atoms with Gasteiger partial charge in [-0.3, -0.25) is 0 Å². The Kier molecular flexibility index (Phi) is 1.70. The highest BCUT2D eigenvalue weighted by molar-refractivity contribution is 6.75. The summed E-state index contributed by atoms with van der Waals surface area (Å²) in [6.45, 7) is 8.60. The van der Waals surface area contributed by atoms with Gasteiger partial charge < -0.3 is 4.57 Å². The molecule has 2 heteroatoms. The van der Waals surface area contributed by atoms with Gasteiger partial charge in [-0.1, -0.05) is 20.0 Å². The van der Waals surface area contributed by atoms with Crippen LogP contribution in [0.2, 0.25) is 19.1 Å². The van der Waals surface area contributed by atoms with E-state index in [4.69, 9.17) is 0 Å². The smallest absolute Gasteiger partial charge is 0.122 e. The normalized spacial score (nSPS) is 35.3. The Hall–Kier alpha value is 0.177. The SMILES string of the molecule is C[C@H]1CN(C)[Si](C)(C)C1. The first-order chi connectivity index (χ1) is 4.02. The molecule has 54 valence electrons. The van der Waals surface area contributed by atoms with Crippen LogP contribution in [0.4, 0.5) is 0 Å². The van der Waals surface area contributed by atoms with Crippen molar-refractivity contribution in [3.8, 4) is 0 Å². The first-order valence-electron chi connectivity index (χ1n) is 3.73. The van der Waals surface area contributed by atoms with Crippen molar-refractivity contribution in [1.82, 2.24) is 4.57 Å². The largest absolute Gasteiger partial charge is 0.326 e. The molecule has 0 aromatic rings. The van der Waals surface area contributed by atoms with E-state index in [1.807, 2.05) is 0 Å². The van der Waals surface area contributed by atoms with Crippen LogP contribution in [0.3, 0.4) is 0 Å².